The second kappa shape index (κ2) is 13.4. The van der Waals surface area contributed by atoms with E-state index in [-0.39, 0.29) is 18.1 Å². The van der Waals surface area contributed by atoms with E-state index in [4.69, 9.17) is 22.1 Å². The Hall–Kier alpha value is -2.35. The molecule has 0 saturated carbocycles. The quantitative estimate of drug-likeness (QED) is 0.184. The molecule has 3 atom stereocenters. The predicted molar refractivity (Wildman–Crippen MR) is 156 cm³/mol. The van der Waals surface area contributed by atoms with Crippen molar-refractivity contribution in [3.05, 3.63) is 88.7 Å². The Morgan fingerprint density at radius 3 is 2.76 bits per heavy atom. The zero-order valence-corrected chi connectivity index (χ0v) is 23.4. The highest BCUT2D eigenvalue weighted by molar-refractivity contribution is 6.30. The highest BCUT2D eigenvalue weighted by Gasteiger charge is 2.31. The van der Waals surface area contributed by atoms with Gasteiger partial charge in [0.15, 0.2) is 0 Å². The van der Waals surface area contributed by atoms with Gasteiger partial charge in [0.05, 0.1) is 17.8 Å². The van der Waals surface area contributed by atoms with Crippen LogP contribution in [0, 0.1) is 5.92 Å². The minimum atomic E-state index is -0.995. The molecule has 6 nitrogen and oxygen atoms in total. The van der Waals surface area contributed by atoms with E-state index in [1.807, 2.05) is 37.3 Å². The molecular weight excluding hydrogens is 484 g/mol. The fourth-order valence-electron chi connectivity index (χ4n) is 4.67. The number of rotatable bonds is 11. The summed E-state index contributed by atoms with van der Waals surface area (Å²) in [5.41, 5.74) is 9.29. The van der Waals surface area contributed by atoms with Gasteiger partial charge in [0.2, 0.25) is 0 Å². The van der Waals surface area contributed by atoms with Gasteiger partial charge in [0.1, 0.15) is 12.4 Å². The number of ether oxygens (including phenoxy) is 1. The maximum Gasteiger partial charge on any atom is 0.104 e. The maximum absolute atomic E-state index is 10.7. The van der Waals surface area contributed by atoms with Crippen molar-refractivity contribution in [3.8, 4) is 0 Å². The summed E-state index contributed by atoms with van der Waals surface area (Å²) in [5, 5.41) is 18.3. The van der Waals surface area contributed by atoms with Gasteiger partial charge in [0, 0.05) is 41.8 Å². The molecular formula is C30H43ClN4O2. The lowest BCUT2D eigenvalue weighted by molar-refractivity contribution is 0.123. The van der Waals surface area contributed by atoms with Gasteiger partial charge in [-0.25, -0.2) is 0 Å². The number of fused-ring (bicyclic) bond motifs is 1. The first-order valence-electron chi connectivity index (χ1n) is 13.1. The molecule has 0 spiro atoms. The number of aliphatic hydroxyl groups is 1. The monoisotopic (exact) mass is 526 g/mol. The molecule has 7 heteroatoms. The SMILES string of the molecule is C=C/C(=C\C1=C(C)OCC2NCC=CC2/C1=C\CCN(C)CCC(N)Nc1ccc(Cl)cc1)C(C)(C)O. The minimum Gasteiger partial charge on any atom is -0.496 e. The number of nitrogens with two attached hydrogens (primary N) is 1. The zero-order chi connectivity index (χ0) is 27.0. The molecule has 0 bridgehead atoms. The number of hydrogen-bond donors (Lipinski definition) is 4. The van der Waals surface area contributed by atoms with Crippen molar-refractivity contribution in [1.82, 2.24) is 10.2 Å². The van der Waals surface area contributed by atoms with Gasteiger partial charge >= 0.3 is 0 Å². The second-order valence-corrected chi connectivity index (χ2v) is 10.8. The van der Waals surface area contributed by atoms with E-state index < -0.39 is 5.60 Å². The summed E-state index contributed by atoms with van der Waals surface area (Å²) in [7, 11) is 2.13. The Morgan fingerprint density at radius 2 is 2.08 bits per heavy atom. The third-order valence-corrected chi connectivity index (χ3v) is 7.17. The molecule has 2 aliphatic heterocycles. The highest BCUT2D eigenvalue weighted by Crippen LogP contribution is 2.35. The van der Waals surface area contributed by atoms with E-state index in [2.05, 4.69) is 47.4 Å². The standard InChI is InChI=1S/C30H43ClN4O2/c1-6-22(30(3,4)36)19-27-21(2)37-20-28-26(9-7-16-33-28)25(27)10-8-17-35(5)18-15-29(32)34-24-13-11-23(31)12-14-24/h6-7,9-14,19,26,28-29,33-34,36H,1,8,15-18,20,32H2,2-5H3/b22-19+,25-10+. The molecule has 3 rings (SSSR count). The molecule has 0 aliphatic carbocycles. The lowest BCUT2D eigenvalue weighted by atomic mass is 9.82. The number of anilines is 1. The van der Waals surface area contributed by atoms with Gasteiger partial charge in [-0.05, 0) is 82.1 Å². The van der Waals surface area contributed by atoms with Gasteiger partial charge in [-0.15, -0.1) is 0 Å². The van der Waals surface area contributed by atoms with Crippen molar-refractivity contribution in [1.29, 1.82) is 0 Å². The van der Waals surface area contributed by atoms with Crippen LogP contribution in [-0.4, -0.2) is 61.1 Å². The minimum absolute atomic E-state index is 0.137. The van der Waals surface area contributed by atoms with Crippen LogP contribution in [0.15, 0.2) is 83.7 Å². The van der Waals surface area contributed by atoms with E-state index in [9.17, 15) is 5.11 Å². The largest absolute Gasteiger partial charge is 0.496 e. The number of hydrogen-bond acceptors (Lipinski definition) is 6. The number of nitrogens with zero attached hydrogens (tertiary/aromatic N) is 1. The lowest BCUT2D eigenvalue weighted by Crippen LogP contribution is -2.42. The molecule has 0 radical (unpaired) electrons. The Labute approximate surface area is 227 Å². The van der Waals surface area contributed by atoms with Crippen molar-refractivity contribution in [2.45, 2.75) is 51.4 Å². The third kappa shape index (κ3) is 8.59. The number of halogens is 1. The van der Waals surface area contributed by atoms with Crippen LogP contribution in [0.5, 0.6) is 0 Å². The van der Waals surface area contributed by atoms with E-state index >= 15 is 0 Å². The third-order valence-electron chi connectivity index (χ3n) is 6.92. The van der Waals surface area contributed by atoms with Crippen LogP contribution < -0.4 is 16.4 Å². The van der Waals surface area contributed by atoms with Crippen LogP contribution >= 0.6 is 11.6 Å². The summed E-state index contributed by atoms with van der Waals surface area (Å²) < 4.78 is 6.16. The smallest absolute Gasteiger partial charge is 0.104 e. The lowest BCUT2D eigenvalue weighted by Gasteiger charge is -2.29. The predicted octanol–water partition coefficient (Wildman–Crippen LogP) is 5.01. The fourth-order valence-corrected chi connectivity index (χ4v) is 4.80. The van der Waals surface area contributed by atoms with Gasteiger partial charge in [-0.1, -0.05) is 42.5 Å². The van der Waals surface area contributed by atoms with Crippen LogP contribution in [0.1, 0.15) is 33.6 Å². The first-order chi connectivity index (χ1) is 17.6. The first-order valence-corrected chi connectivity index (χ1v) is 13.4. The number of nitrogens with one attached hydrogen (secondary N) is 2. The molecule has 2 aliphatic rings. The summed E-state index contributed by atoms with van der Waals surface area (Å²) >= 11 is 5.97. The first kappa shape index (κ1) is 29.2. The Morgan fingerprint density at radius 1 is 1.35 bits per heavy atom. The molecule has 1 aromatic rings. The van der Waals surface area contributed by atoms with E-state index in [1.165, 1.54) is 5.57 Å². The summed E-state index contributed by atoms with van der Waals surface area (Å²) in [6.45, 7) is 12.7. The van der Waals surface area contributed by atoms with Crippen molar-refractivity contribution >= 4 is 17.3 Å². The van der Waals surface area contributed by atoms with Crippen LogP contribution in [0.2, 0.25) is 5.02 Å². The van der Waals surface area contributed by atoms with Crippen LogP contribution in [-0.2, 0) is 4.74 Å². The molecule has 0 aromatic heterocycles. The molecule has 1 aromatic carbocycles. The maximum atomic E-state index is 10.7. The van der Waals surface area contributed by atoms with Gasteiger partial charge in [0.25, 0.3) is 0 Å². The van der Waals surface area contributed by atoms with Crippen LogP contribution in [0.3, 0.4) is 0 Å². The number of benzene rings is 1. The Bertz CT molecular complexity index is 1040. The molecule has 202 valence electrons. The van der Waals surface area contributed by atoms with Gasteiger partial charge in [-0.3, -0.25) is 0 Å². The summed E-state index contributed by atoms with van der Waals surface area (Å²) in [6, 6.07) is 7.80. The van der Waals surface area contributed by atoms with Crippen LogP contribution in [0.25, 0.3) is 0 Å². The van der Waals surface area contributed by atoms with E-state index in [1.54, 1.807) is 19.9 Å². The van der Waals surface area contributed by atoms with Crippen molar-refractivity contribution in [2.24, 2.45) is 11.7 Å². The summed E-state index contributed by atoms with van der Waals surface area (Å²) in [5.74, 6) is 1.07. The van der Waals surface area contributed by atoms with Crippen LogP contribution in [0.4, 0.5) is 5.69 Å². The highest BCUT2D eigenvalue weighted by atomic mass is 35.5. The molecule has 0 amide bonds. The van der Waals surface area contributed by atoms with Crippen molar-refractivity contribution in [2.75, 3.05) is 38.6 Å². The molecule has 3 unspecified atom stereocenters. The second-order valence-electron chi connectivity index (χ2n) is 10.4. The summed E-state index contributed by atoms with van der Waals surface area (Å²) in [6.07, 6.45) is 12.1. The number of allylic oxidation sites excluding steroid dienone is 3. The molecule has 37 heavy (non-hydrogen) atoms. The van der Waals surface area contributed by atoms with Gasteiger partial charge in [-0.2, -0.15) is 0 Å². The summed E-state index contributed by atoms with van der Waals surface area (Å²) in [4.78, 5) is 2.30. The van der Waals surface area contributed by atoms with E-state index in [0.29, 0.717) is 11.6 Å². The molecule has 0 saturated heterocycles. The zero-order valence-electron chi connectivity index (χ0n) is 22.6. The van der Waals surface area contributed by atoms with Gasteiger partial charge < -0.3 is 31.1 Å². The Balaban J connectivity index is 1.69. The normalized spacial score (nSPS) is 22.5. The van der Waals surface area contributed by atoms with E-state index in [0.717, 1.165) is 55.1 Å². The average molecular weight is 527 g/mol. The van der Waals surface area contributed by atoms with Crippen molar-refractivity contribution < 1.29 is 9.84 Å². The molecule has 0 fully saturated rings. The molecule has 5 N–H and O–H groups in total. The Kier molecular flexibility index (Phi) is 10.6. The topological polar surface area (TPSA) is 82.8 Å². The fraction of sp³-hybridized carbons (Fsp3) is 0.467. The van der Waals surface area contributed by atoms with Crippen molar-refractivity contribution in [3.63, 3.8) is 0 Å². The average Bonchev–Trinajstić information content (AvgIpc) is 2.98. The molecule has 2 heterocycles.